The molecule has 0 aliphatic heterocycles. The molecule has 3 aromatic rings. The number of para-hydroxylation sites is 1. The van der Waals surface area contributed by atoms with Gasteiger partial charge in [-0.05, 0) is 38.0 Å². The molecule has 4 rings (SSSR count). The SMILES string of the molecule is CCOc1ccccc1-c1nc(CC(=O)N(Cc2ccccc2F)C2CC2)cs1. The summed E-state index contributed by atoms with van der Waals surface area (Å²) in [6.45, 7) is 2.84. The molecule has 0 unspecified atom stereocenters. The van der Waals surface area contributed by atoms with Crippen molar-refractivity contribution in [2.75, 3.05) is 6.61 Å². The van der Waals surface area contributed by atoms with Gasteiger partial charge in [-0.3, -0.25) is 4.79 Å². The van der Waals surface area contributed by atoms with E-state index in [2.05, 4.69) is 4.98 Å². The normalized spacial score (nSPS) is 13.3. The standard InChI is InChI=1S/C23H23FN2O2S/c1-2-28-21-10-6-4-8-19(21)23-25-17(15-29-23)13-22(27)26(18-11-12-18)14-16-7-3-5-9-20(16)24/h3-10,15,18H,2,11-14H2,1H3. The van der Waals surface area contributed by atoms with Gasteiger partial charge in [-0.25, -0.2) is 9.37 Å². The fourth-order valence-corrected chi connectivity index (χ4v) is 4.16. The van der Waals surface area contributed by atoms with Crippen molar-refractivity contribution in [2.24, 2.45) is 0 Å². The third-order valence-corrected chi connectivity index (χ3v) is 5.83. The first-order valence-corrected chi connectivity index (χ1v) is 10.7. The van der Waals surface area contributed by atoms with Gasteiger partial charge in [0.05, 0.1) is 24.3 Å². The number of amides is 1. The van der Waals surface area contributed by atoms with Crippen LogP contribution in [0.25, 0.3) is 10.6 Å². The van der Waals surface area contributed by atoms with Crippen LogP contribution in [0.3, 0.4) is 0 Å². The van der Waals surface area contributed by atoms with Crippen LogP contribution in [0.2, 0.25) is 0 Å². The molecule has 0 spiro atoms. The number of ether oxygens (including phenoxy) is 1. The number of aromatic nitrogens is 1. The Kier molecular flexibility index (Phi) is 5.90. The molecule has 2 aromatic carbocycles. The van der Waals surface area contributed by atoms with Gasteiger partial charge in [0.2, 0.25) is 5.91 Å². The molecular weight excluding hydrogens is 387 g/mol. The van der Waals surface area contributed by atoms with Crippen LogP contribution in [0.1, 0.15) is 31.0 Å². The second-order valence-corrected chi connectivity index (χ2v) is 7.95. The van der Waals surface area contributed by atoms with E-state index in [1.165, 1.54) is 17.4 Å². The quantitative estimate of drug-likeness (QED) is 0.520. The molecule has 0 N–H and O–H groups in total. The number of carbonyl (C=O) groups is 1. The van der Waals surface area contributed by atoms with E-state index < -0.39 is 0 Å². The van der Waals surface area contributed by atoms with Gasteiger partial charge in [0.15, 0.2) is 0 Å². The number of hydrogen-bond donors (Lipinski definition) is 0. The molecule has 1 amide bonds. The molecule has 1 saturated carbocycles. The zero-order valence-corrected chi connectivity index (χ0v) is 17.1. The summed E-state index contributed by atoms with van der Waals surface area (Å²) in [7, 11) is 0. The van der Waals surface area contributed by atoms with Crippen LogP contribution in [0, 0.1) is 5.82 Å². The van der Waals surface area contributed by atoms with E-state index in [0.29, 0.717) is 18.7 Å². The lowest BCUT2D eigenvalue weighted by molar-refractivity contribution is -0.131. The van der Waals surface area contributed by atoms with Crippen molar-refractivity contribution in [1.82, 2.24) is 9.88 Å². The summed E-state index contributed by atoms with van der Waals surface area (Å²) in [5.41, 5.74) is 2.22. The van der Waals surface area contributed by atoms with Gasteiger partial charge in [0.25, 0.3) is 0 Å². The van der Waals surface area contributed by atoms with Crippen molar-refractivity contribution < 1.29 is 13.9 Å². The monoisotopic (exact) mass is 410 g/mol. The Balaban J connectivity index is 1.49. The Labute approximate surface area is 174 Å². The smallest absolute Gasteiger partial charge is 0.229 e. The number of thiazole rings is 1. The van der Waals surface area contributed by atoms with E-state index in [1.54, 1.807) is 23.1 Å². The Hall–Kier alpha value is -2.73. The zero-order valence-electron chi connectivity index (χ0n) is 16.3. The molecule has 1 aliphatic rings. The van der Waals surface area contributed by atoms with Gasteiger partial charge < -0.3 is 9.64 Å². The molecule has 4 nitrogen and oxygen atoms in total. The molecule has 0 bridgehead atoms. The summed E-state index contributed by atoms with van der Waals surface area (Å²) in [6.07, 6.45) is 2.17. The lowest BCUT2D eigenvalue weighted by Gasteiger charge is -2.22. The summed E-state index contributed by atoms with van der Waals surface area (Å²) in [5, 5.41) is 2.76. The highest BCUT2D eigenvalue weighted by atomic mass is 32.1. The molecule has 1 heterocycles. The number of carbonyl (C=O) groups excluding carboxylic acids is 1. The fourth-order valence-electron chi connectivity index (χ4n) is 3.31. The Morgan fingerprint density at radius 2 is 1.97 bits per heavy atom. The number of halogens is 1. The lowest BCUT2D eigenvalue weighted by atomic mass is 10.2. The van der Waals surface area contributed by atoms with Crippen molar-refractivity contribution >= 4 is 17.2 Å². The van der Waals surface area contributed by atoms with Crippen molar-refractivity contribution in [3.8, 4) is 16.3 Å². The summed E-state index contributed by atoms with van der Waals surface area (Å²) in [5.74, 6) is 0.515. The van der Waals surface area contributed by atoms with E-state index in [-0.39, 0.29) is 24.2 Å². The maximum atomic E-state index is 14.1. The van der Waals surface area contributed by atoms with Gasteiger partial charge in [-0.15, -0.1) is 11.3 Å². The van der Waals surface area contributed by atoms with E-state index in [9.17, 15) is 9.18 Å². The first-order chi connectivity index (χ1) is 14.2. The molecular formula is C23H23FN2O2S. The third kappa shape index (κ3) is 4.65. The minimum absolute atomic E-state index is 0.00861. The average Bonchev–Trinajstić information content (AvgIpc) is 3.46. The predicted molar refractivity (Wildman–Crippen MR) is 112 cm³/mol. The second-order valence-electron chi connectivity index (χ2n) is 7.09. The molecule has 29 heavy (non-hydrogen) atoms. The molecule has 1 fully saturated rings. The van der Waals surface area contributed by atoms with Crippen LogP contribution in [0.15, 0.2) is 53.9 Å². The number of hydrogen-bond acceptors (Lipinski definition) is 4. The number of nitrogens with zero attached hydrogens (tertiary/aromatic N) is 2. The molecule has 1 aliphatic carbocycles. The number of rotatable bonds is 8. The minimum Gasteiger partial charge on any atom is -0.493 e. The van der Waals surface area contributed by atoms with Crippen LogP contribution in [0.4, 0.5) is 4.39 Å². The van der Waals surface area contributed by atoms with Gasteiger partial charge >= 0.3 is 0 Å². The summed E-state index contributed by atoms with van der Waals surface area (Å²) < 4.78 is 19.7. The van der Waals surface area contributed by atoms with Gasteiger partial charge in [0, 0.05) is 23.5 Å². The van der Waals surface area contributed by atoms with Crippen molar-refractivity contribution in [3.63, 3.8) is 0 Å². The lowest BCUT2D eigenvalue weighted by Crippen LogP contribution is -2.34. The van der Waals surface area contributed by atoms with Gasteiger partial charge in [0.1, 0.15) is 16.6 Å². The summed E-state index contributed by atoms with van der Waals surface area (Å²) >= 11 is 1.50. The van der Waals surface area contributed by atoms with Crippen LogP contribution in [0.5, 0.6) is 5.75 Å². The highest BCUT2D eigenvalue weighted by molar-refractivity contribution is 7.13. The number of benzene rings is 2. The van der Waals surface area contributed by atoms with E-state index in [1.807, 2.05) is 36.6 Å². The zero-order chi connectivity index (χ0) is 20.2. The van der Waals surface area contributed by atoms with Crippen molar-refractivity contribution in [1.29, 1.82) is 0 Å². The van der Waals surface area contributed by atoms with Crippen molar-refractivity contribution in [2.45, 2.75) is 38.8 Å². The van der Waals surface area contributed by atoms with E-state index in [0.717, 1.165) is 34.9 Å². The summed E-state index contributed by atoms with van der Waals surface area (Å²) in [6, 6.07) is 14.6. The fraction of sp³-hybridized carbons (Fsp3) is 0.304. The summed E-state index contributed by atoms with van der Waals surface area (Å²) in [4.78, 5) is 19.4. The largest absolute Gasteiger partial charge is 0.493 e. The van der Waals surface area contributed by atoms with E-state index >= 15 is 0 Å². The molecule has 1 aromatic heterocycles. The maximum Gasteiger partial charge on any atom is 0.229 e. The maximum absolute atomic E-state index is 14.1. The predicted octanol–water partition coefficient (Wildman–Crippen LogP) is 5.08. The highest BCUT2D eigenvalue weighted by Gasteiger charge is 2.33. The van der Waals surface area contributed by atoms with Crippen LogP contribution < -0.4 is 4.74 Å². The Bertz CT molecular complexity index is 1000. The Morgan fingerprint density at radius 1 is 1.21 bits per heavy atom. The first-order valence-electron chi connectivity index (χ1n) is 9.85. The third-order valence-electron chi connectivity index (χ3n) is 4.91. The van der Waals surface area contributed by atoms with Gasteiger partial charge in [-0.1, -0.05) is 30.3 Å². The van der Waals surface area contributed by atoms with Crippen LogP contribution >= 0.6 is 11.3 Å². The van der Waals surface area contributed by atoms with E-state index in [4.69, 9.17) is 4.74 Å². The van der Waals surface area contributed by atoms with Crippen LogP contribution in [-0.4, -0.2) is 28.4 Å². The first kappa shape index (κ1) is 19.6. The van der Waals surface area contributed by atoms with Crippen molar-refractivity contribution in [3.05, 3.63) is 71.0 Å². The molecule has 150 valence electrons. The second kappa shape index (κ2) is 8.74. The minimum atomic E-state index is -0.269. The van der Waals surface area contributed by atoms with Crippen LogP contribution in [-0.2, 0) is 17.8 Å². The average molecular weight is 411 g/mol. The molecule has 6 heteroatoms. The topological polar surface area (TPSA) is 42.4 Å². The van der Waals surface area contributed by atoms with Gasteiger partial charge in [-0.2, -0.15) is 0 Å². The molecule has 0 saturated heterocycles. The molecule has 0 radical (unpaired) electrons. The molecule has 0 atom stereocenters. The highest BCUT2D eigenvalue weighted by Crippen LogP contribution is 2.33. The Morgan fingerprint density at radius 3 is 2.72 bits per heavy atom.